The summed E-state index contributed by atoms with van der Waals surface area (Å²) in [5.41, 5.74) is 2.51. The second-order valence-corrected chi connectivity index (χ2v) is 3.70. The minimum atomic E-state index is -0.627. The van der Waals surface area contributed by atoms with Crippen LogP contribution in [-0.4, -0.2) is 11.4 Å². The molecule has 66 valence electrons. The van der Waals surface area contributed by atoms with Crippen molar-refractivity contribution >= 4 is 0 Å². The SMILES string of the molecule is CC1=CC[C@@H]2C(C)=CO[C@H](O)[C@H]12. The zero-order valence-electron chi connectivity index (χ0n) is 7.45. The van der Waals surface area contributed by atoms with Crippen molar-refractivity contribution in [3.63, 3.8) is 0 Å². The first-order valence-corrected chi connectivity index (χ1v) is 4.37. The molecule has 0 aromatic heterocycles. The highest BCUT2D eigenvalue weighted by molar-refractivity contribution is 5.23. The third-order valence-corrected chi connectivity index (χ3v) is 2.94. The molecule has 2 aliphatic rings. The highest BCUT2D eigenvalue weighted by atomic mass is 16.6. The van der Waals surface area contributed by atoms with Crippen molar-refractivity contribution in [2.24, 2.45) is 11.8 Å². The summed E-state index contributed by atoms with van der Waals surface area (Å²) in [5, 5.41) is 9.56. The third-order valence-electron chi connectivity index (χ3n) is 2.94. The van der Waals surface area contributed by atoms with E-state index < -0.39 is 6.29 Å². The van der Waals surface area contributed by atoms with Crippen LogP contribution in [0, 0.1) is 11.8 Å². The normalized spacial score (nSPS) is 39.8. The van der Waals surface area contributed by atoms with Crippen LogP contribution in [0.25, 0.3) is 0 Å². The molecule has 0 spiro atoms. The van der Waals surface area contributed by atoms with Crippen LogP contribution in [-0.2, 0) is 4.74 Å². The lowest BCUT2D eigenvalue weighted by Gasteiger charge is -2.31. The van der Waals surface area contributed by atoms with Gasteiger partial charge in [0.15, 0.2) is 0 Å². The van der Waals surface area contributed by atoms with Gasteiger partial charge in [0.25, 0.3) is 0 Å². The van der Waals surface area contributed by atoms with E-state index in [1.165, 1.54) is 11.1 Å². The maximum Gasteiger partial charge on any atom is 0.203 e. The molecule has 0 amide bonds. The van der Waals surface area contributed by atoms with Gasteiger partial charge in [-0.1, -0.05) is 11.6 Å². The second-order valence-electron chi connectivity index (χ2n) is 3.70. The van der Waals surface area contributed by atoms with Gasteiger partial charge in [0.2, 0.25) is 6.29 Å². The number of aliphatic hydroxyl groups is 1. The second kappa shape index (κ2) is 2.63. The zero-order chi connectivity index (χ0) is 8.72. The predicted octanol–water partition coefficient (Wildman–Crippen LogP) is 1.82. The van der Waals surface area contributed by atoms with Gasteiger partial charge in [-0.2, -0.15) is 0 Å². The number of aliphatic hydroxyl groups excluding tert-OH is 1. The van der Waals surface area contributed by atoms with Crippen LogP contribution in [0.2, 0.25) is 0 Å². The standard InChI is InChI=1S/C10H14O2/c1-6-3-4-8-7(2)5-12-10(11)9(6)8/h3,5,8-11H,4H2,1-2H3/t8-,9-,10+/m1/s1. The Morgan fingerprint density at radius 2 is 2.17 bits per heavy atom. The van der Waals surface area contributed by atoms with Gasteiger partial charge in [-0.3, -0.25) is 0 Å². The number of rotatable bonds is 0. The Bertz CT molecular complexity index is 253. The van der Waals surface area contributed by atoms with E-state index in [1.807, 2.05) is 0 Å². The maximum atomic E-state index is 9.56. The minimum absolute atomic E-state index is 0.204. The van der Waals surface area contributed by atoms with Gasteiger partial charge in [0, 0.05) is 5.92 Å². The number of ether oxygens (including phenoxy) is 1. The van der Waals surface area contributed by atoms with E-state index in [0.717, 1.165) is 6.42 Å². The van der Waals surface area contributed by atoms with Crippen LogP contribution in [0.15, 0.2) is 23.5 Å². The van der Waals surface area contributed by atoms with Gasteiger partial charge in [-0.15, -0.1) is 0 Å². The number of fused-ring (bicyclic) bond motifs is 1. The Balaban J connectivity index is 2.29. The number of hydrogen-bond donors (Lipinski definition) is 1. The average Bonchev–Trinajstić information content (AvgIpc) is 2.42. The largest absolute Gasteiger partial charge is 0.472 e. The number of hydrogen-bond acceptors (Lipinski definition) is 2. The van der Waals surface area contributed by atoms with Gasteiger partial charge >= 0.3 is 0 Å². The van der Waals surface area contributed by atoms with Crippen LogP contribution in [0.5, 0.6) is 0 Å². The lowest BCUT2D eigenvalue weighted by Crippen LogP contribution is -2.31. The molecule has 1 aliphatic heterocycles. The molecule has 1 aliphatic carbocycles. The van der Waals surface area contributed by atoms with E-state index in [-0.39, 0.29) is 5.92 Å². The molecule has 12 heavy (non-hydrogen) atoms. The van der Waals surface area contributed by atoms with Crippen LogP contribution >= 0.6 is 0 Å². The lowest BCUT2D eigenvalue weighted by molar-refractivity contribution is -0.102. The molecular formula is C10H14O2. The van der Waals surface area contributed by atoms with Crippen molar-refractivity contribution in [3.8, 4) is 0 Å². The van der Waals surface area contributed by atoms with Crippen LogP contribution in [0.3, 0.4) is 0 Å². The Morgan fingerprint density at radius 3 is 2.83 bits per heavy atom. The molecule has 1 N–H and O–H groups in total. The molecule has 0 fully saturated rings. The summed E-state index contributed by atoms with van der Waals surface area (Å²) >= 11 is 0. The molecule has 0 saturated heterocycles. The number of allylic oxidation sites excluding steroid dienone is 2. The topological polar surface area (TPSA) is 29.5 Å². The quantitative estimate of drug-likeness (QED) is 0.556. The molecule has 2 rings (SSSR count). The molecule has 0 saturated carbocycles. The van der Waals surface area contributed by atoms with Gasteiger partial charge < -0.3 is 9.84 Å². The van der Waals surface area contributed by atoms with Crippen LogP contribution in [0.1, 0.15) is 20.3 Å². The summed E-state index contributed by atoms with van der Waals surface area (Å²) in [7, 11) is 0. The van der Waals surface area contributed by atoms with Crippen LogP contribution in [0.4, 0.5) is 0 Å². The molecule has 0 unspecified atom stereocenters. The molecule has 0 bridgehead atoms. The predicted molar refractivity (Wildman–Crippen MR) is 46.2 cm³/mol. The Labute approximate surface area is 72.5 Å². The average molecular weight is 166 g/mol. The smallest absolute Gasteiger partial charge is 0.203 e. The van der Waals surface area contributed by atoms with Gasteiger partial charge in [0.1, 0.15) is 0 Å². The fourth-order valence-corrected chi connectivity index (χ4v) is 2.15. The summed E-state index contributed by atoms with van der Waals surface area (Å²) < 4.78 is 5.13. The van der Waals surface area contributed by atoms with Crippen molar-refractivity contribution in [2.45, 2.75) is 26.6 Å². The molecule has 2 heteroatoms. The maximum absolute atomic E-state index is 9.56. The van der Waals surface area contributed by atoms with E-state index in [1.54, 1.807) is 6.26 Å². The van der Waals surface area contributed by atoms with E-state index in [0.29, 0.717) is 5.92 Å². The van der Waals surface area contributed by atoms with E-state index in [2.05, 4.69) is 19.9 Å². The first kappa shape index (κ1) is 7.87. The first-order chi connectivity index (χ1) is 5.70. The Hall–Kier alpha value is -0.760. The fraction of sp³-hybridized carbons (Fsp3) is 0.600. The van der Waals surface area contributed by atoms with E-state index in [4.69, 9.17) is 4.74 Å². The third kappa shape index (κ3) is 0.985. The van der Waals surface area contributed by atoms with Crippen LogP contribution < -0.4 is 0 Å². The summed E-state index contributed by atoms with van der Waals surface area (Å²) in [4.78, 5) is 0. The van der Waals surface area contributed by atoms with Gasteiger partial charge in [0.05, 0.1) is 6.26 Å². The lowest BCUT2D eigenvalue weighted by atomic mass is 9.85. The fourth-order valence-electron chi connectivity index (χ4n) is 2.15. The van der Waals surface area contributed by atoms with Gasteiger partial charge in [-0.25, -0.2) is 0 Å². The van der Waals surface area contributed by atoms with Crippen molar-refractivity contribution < 1.29 is 9.84 Å². The highest BCUT2D eigenvalue weighted by Crippen LogP contribution is 2.41. The highest BCUT2D eigenvalue weighted by Gasteiger charge is 2.37. The molecule has 1 heterocycles. The molecular weight excluding hydrogens is 152 g/mol. The van der Waals surface area contributed by atoms with E-state index >= 15 is 0 Å². The van der Waals surface area contributed by atoms with Crippen molar-refractivity contribution in [1.82, 2.24) is 0 Å². The Kier molecular flexibility index (Phi) is 1.72. The summed E-state index contributed by atoms with van der Waals surface area (Å²) in [6.07, 6.45) is 4.32. The minimum Gasteiger partial charge on any atom is -0.472 e. The van der Waals surface area contributed by atoms with Gasteiger partial charge in [-0.05, 0) is 31.8 Å². The molecule has 0 aromatic carbocycles. The molecule has 3 atom stereocenters. The van der Waals surface area contributed by atoms with Crippen molar-refractivity contribution in [1.29, 1.82) is 0 Å². The molecule has 0 radical (unpaired) electrons. The molecule has 2 nitrogen and oxygen atoms in total. The molecule has 0 aromatic rings. The monoisotopic (exact) mass is 166 g/mol. The van der Waals surface area contributed by atoms with E-state index in [9.17, 15) is 5.11 Å². The summed E-state index contributed by atoms with van der Waals surface area (Å²) in [6.45, 7) is 4.13. The first-order valence-electron chi connectivity index (χ1n) is 4.37. The van der Waals surface area contributed by atoms with Crippen molar-refractivity contribution in [3.05, 3.63) is 23.5 Å². The summed E-state index contributed by atoms with van der Waals surface area (Å²) in [6, 6.07) is 0. The van der Waals surface area contributed by atoms with Crippen molar-refractivity contribution in [2.75, 3.05) is 0 Å². The Morgan fingerprint density at radius 1 is 1.42 bits per heavy atom. The zero-order valence-corrected chi connectivity index (χ0v) is 7.45. The summed E-state index contributed by atoms with van der Waals surface area (Å²) in [5.74, 6) is 0.684.